The van der Waals surface area contributed by atoms with Crippen molar-refractivity contribution in [3.05, 3.63) is 23.9 Å². The fourth-order valence-corrected chi connectivity index (χ4v) is 4.67. The van der Waals surface area contributed by atoms with Crippen LogP contribution in [0.3, 0.4) is 0 Å². The number of anilines is 1. The summed E-state index contributed by atoms with van der Waals surface area (Å²) in [4.78, 5) is 21.6. The first-order chi connectivity index (χ1) is 11.7. The smallest absolute Gasteiger partial charge is 0.225 e. The van der Waals surface area contributed by atoms with E-state index in [1.54, 1.807) is 6.20 Å². The molecule has 2 aliphatic heterocycles. The Morgan fingerprint density at radius 3 is 2.42 bits per heavy atom. The van der Waals surface area contributed by atoms with Crippen molar-refractivity contribution in [2.45, 2.75) is 32.1 Å². The van der Waals surface area contributed by atoms with Crippen LogP contribution < -0.4 is 4.90 Å². The first-order valence-electron chi connectivity index (χ1n) is 9.14. The number of hydrogen-bond acceptors (Lipinski definition) is 4. The van der Waals surface area contributed by atoms with Crippen molar-refractivity contribution in [3.63, 3.8) is 0 Å². The number of amides is 1. The average molecular weight is 324 g/mol. The van der Waals surface area contributed by atoms with Gasteiger partial charge in [-0.25, -0.2) is 4.98 Å². The Morgan fingerprint density at radius 2 is 1.83 bits per heavy atom. The van der Waals surface area contributed by atoms with Crippen LogP contribution in [0.25, 0.3) is 0 Å². The largest absolute Gasteiger partial charge is 0.357 e. The van der Waals surface area contributed by atoms with Crippen LogP contribution in [0.2, 0.25) is 0 Å². The van der Waals surface area contributed by atoms with Crippen LogP contribution in [0.15, 0.2) is 18.3 Å². The number of nitriles is 1. The van der Waals surface area contributed by atoms with Gasteiger partial charge in [-0.3, -0.25) is 4.79 Å². The van der Waals surface area contributed by atoms with Crippen molar-refractivity contribution < 1.29 is 4.79 Å². The molecule has 1 aliphatic carbocycles. The summed E-state index contributed by atoms with van der Waals surface area (Å²) in [6.45, 7) is 3.74. The Labute approximate surface area is 143 Å². The maximum Gasteiger partial charge on any atom is 0.225 e. The second-order valence-electron chi connectivity index (χ2n) is 7.47. The number of nitrogens with zero attached hydrogens (tertiary/aromatic N) is 4. The number of likely N-dealkylation sites (tertiary alicyclic amines) is 1. The molecule has 3 heterocycles. The average Bonchev–Trinajstić information content (AvgIpc) is 3.23. The number of aromatic nitrogens is 1. The zero-order chi connectivity index (χ0) is 16.5. The molecule has 3 fully saturated rings. The molecule has 1 saturated carbocycles. The van der Waals surface area contributed by atoms with Crippen LogP contribution in [0.5, 0.6) is 0 Å². The molecule has 3 aliphatic rings. The Hall–Kier alpha value is -2.09. The molecule has 24 heavy (non-hydrogen) atoms. The van der Waals surface area contributed by atoms with E-state index < -0.39 is 0 Å². The first kappa shape index (κ1) is 15.4. The van der Waals surface area contributed by atoms with Crippen molar-refractivity contribution in [3.8, 4) is 6.07 Å². The normalized spacial score (nSPS) is 27.1. The molecular formula is C19H24N4O. The second kappa shape index (κ2) is 6.43. The second-order valence-corrected chi connectivity index (χ2v) is 7.47. The third kappa shape index (κ3) is 2.86. The van der Waals surface area contributed by atoms with Gasteiger partial charge in [0.15, 0.2) is 0 Å². The molecule has 0 spiro atoms. The standard InChI is InChI=1S/C19H24N4O/c20-10-14-4-5-18(21-11-14)22-8-6-15(7-9-22)19(24)23-12-16-2-1-3-17(16)13-23/h4-5,11,15-17H,1-3,6-9,12-13H2. The molecule has 0 radical (unpaired) electrons. The summed E-state index contributed by atoms with van der Waals surface area (Å²) in [5, 5.41) is 8.85. The molecule has 2 unspecified atom stereocenters. The minimum Gasteiger partial charge on any atom is -0.357 e. The quantitative estimate of drug-likeness (QED) is 0.838. The van der Waals surface area contributed by atoms with Gasteiger partial charge in [0.25, 0.3) is 0 Å². The molecular weight excluding hydrogens is 300 g/mol. The lowest BCUT2D eigenvalue weighted by molar-refractivity contribution is -0.135. The molecule has 5 heteroatoms. The Balaban J connectivity index is 1.32. The summed E-state index contributed by atoms with van der Waals surface area (Å²) >= 11 is 0. The minimum atomic E-state index is 0.179. The van der Waals surface area contributed by atoms with Crippen LogP contribution in [0.1, 0.15) is 37.7 Å². The lowest BCUT2D eigenvalue weighted by Crippen LogP contribution is -2.42. The molecule has 0 bridgehead atoms. The predicted octanol–water partition coefficient (Wildman–Crippen LogP) is 2.43. The molecule has 4 rings (SSSR count). The number of carbonyl (C=O) groups is 1. The van der Waals surface area contributed by atoms with Gasteiger partial charge < -0.3 is 9.80 Å². The van der Waals surface area contributed by atoms with Gasteiger partial charge in [0.2, 0.25) is 5.91 Å². The van der Waals surface area contributed by atoms with Crippen molar-refractivity contribution >= 4 is 11.7 Å². The van der Waals surface area contributed by atoms with Crippen molar-refractivity contribution in [1.82, 2.24) is 9.88 Å². The summed E-state index contributed by atoms with van der Waals surface area (Å²) in [6, 6.07) is 5.81. The minimum absolute atomic E-state index is 0.179. The van der Waals surface area contributed by atoms with E-state index in [2.05, 4.69) is 20.9 Å². The first-order valence-corrected chi connectivity index (χ1v) is 9.14. The lowest BCUT2D eigenvalue weighted by Gasteiger charge is -2.34. The molecule has 0 N–H and O–H groups in total. The van der Waals surface area contributed by atoms with E-state index in [4.69, 9.17) is 5.26 Å². The number of carbonyl (C=O) groups excluding carboxylic acids is 1. The van der Waals surface area contributed by atoms with Crippen molar-refractivity contribution in [1.29, 1.82) is 5.26 Å². The van der Waals surface area contributed by atoms with E-state index in [0.717, 1.165) is 56.7 Å². The van der Waals surface area contributed by atoms with Crippen LogP contribution in [-0.2, 0) is 4.79 Å². The van der Waals surface area contributed by atoms with Crippen molar-refractivity contribution in [2.24, 2.45) is 17.8 Å². The lowest BCUT2D eigenvalue weighted by atomic mass is 9.95. The fourth-order valence-electron chi connectivity index (χ4n) is 4.67. The van der Waals surface area contributed by atoms with E-state index in [-0.39, 0.29) is 5.92 Å². The maximum absolute atomic E-state index is 12.8. The highest BCUT2D eigenvalue weighted by atomic mass is 16.2. The zero-order valence-corrected chi connectivity index (χ0v) is 14.0. The highest BCUT2D eigenvalue weighted by Crippen LogP contribution is 2.38. The van der Waals surface area contributed by atoms with Crippen LogP contribution in [0.4, 0.5) is 5.82 Å². The Bertz CT molecular complexity index is 630. The summed E-state index contributed by atoms with van der Waals surface area (Å²) in [5.41, 5.74) is 0.586. The summed E-state index contributed by atoms with van der Waals surface area (Å²) < 4.78 is 0. The van der Waals surface area contributed by atoms with Gasteiger partial charge >= 0.3 is 0 Å². The van der Waals surface area contributed by atoms with Gasteiger partial charge in [0.1, 0.15) is 11.9 Å². The van der Waals surface area contributed by atoms with E-state index in [9.17, 15) is 4.79 Å². The molecule has 5 nitrogen and oxygen atoms in total. The number of rotatable bonds is 2. The number of hydrogen-bond donors (Lipinski definition) is 0. The Morgan fingerprint density at radius 1 is 1.12 bits per heavy atom. The number of piperidine rings is 1. The van der Waals surface area contributed by atoms with Crippen LogP contribution in [0, 0.1) is 29.1 Å². The van der Waals surface area contributed by atoms with Crippen molar-refractivity contribution in [2.75, 3.05) is 31.1 Å². The molecule has 1 aromatic heterocycles. The highest BCUT2D eigenvalue weighted by Gasteiger charge is 2.40. The van der Waals surface area contributed by atoms with E-state index in [1.165, 1.54) is 19.3 Å². The topological polar surface area (TPSA) is 60.2 Å². The summed E-state index contributed by atoms with van der Waals surface area (Å²) in [7, 11) is 0. The molecule has 2 atom stereocenters. The van der Waals surface area contributed by atoms with Gasteiger partial charge in [0, 0.05) is 38.3 Å². The highest BCUT2D eigenvalue weighted by molar-refractivity contribution is 5.79. The van der Waals surface area contributed by atoms with Gasteiger partial charge in [-0.2, -0.15) is 5.26 Å². The summed E-state index contributed by atoms with van der Waals surface area (Å²) in [5.74, 6) is 3.03. The fraction of sp³-hybridized carbons (Fsp3) is 0.632. The SMILES string of the molecule is N#Cc1ccc(N2CCC(C(=O)N3CC4CCCC4C3)CC2)nc1. The Kier molecular flexibility index (Phi) is 4.13. The van der Waals surface area contributed by atoms with Gasteiger partial charge in [-0.1, -0.05) is 6.42 Å². The zero-order valence-electron chi connectivity index (χ0n) is 14.0. The third-order valence-corrected chi connectivity index (χ3v) is 6.08. The van der Waals surface area contributed by atoms with E-state index in [1.807, 2.05) is 12.1 Å². The maximum atomic E-state index is 12.8. The molecule has 1 aromatic rings. The van der Waals surface area contributed by atoms with Gasteiger partial charge in [-0.05, 0) is 49.7 Å². The van der Waals surface area contributed by atoms with Crippen LogP contribution >= 0.6 is 0 Å². The number of pyridine rings is 1. The van der Waals surface area contributed by atoms with E-state index >= 15 is 0 Å². The predicted molar refractivity (Wildman–Crippen MR) is 91.3 cm³/mol. The van der Waals surface area contributed by atoms with E-state index in [0.29, 0.717) is 11.5 Å². The molecule has 126 valence electrons. The molecule has 0 aromatic carbocycles. The van der Waals surface area contributed by atoms with Crippen LogP contribution in [-0.4, -0.2) is 42.0 Å². The van der Waals surface area contributed by atoms with Gasteiger partial charge in [0.05, 0.1) is 5.56 Å². The third-order valence-electron chi connectivity index (χ3n) is 6.08. The monoisotopic (exact) mass is 324 g/mol. The number of fused-ring (bicyclic) bond motifs is 1. The summed E-state index contributed by atoms with van der Waals surface area (Å²) in [6.07, 6.45) is 7.43. The molecule has 2 saturated heterocycles. The molecule has 1 amide bonds. The van der Waals surface area contributed by atoms with Gasteiger partial charge in [-0.15, -0.1) is 0 Å².